The van der Waals surface area contributed by atoms with Gasteiger partial charge in [0.25, 0.3) is 0 Å². The molecule has 7 heteroatoms. The summed E-state index contributed by atoms with van der Waals surface area (Å²) in [5.74, 6) is -0.728. The minimum absolute atomic E-state index is 0.00965. The molecule has 6 nitrogen and oxygen atoms in total. The number of carbonyl (C=O) groups excluding carboxylic acids is 1. The molecule has 1 aromatic carbocycles. The van der Waals surface area contributed by atoms with E-state index in [-0.39, 0.29) is 6.54 Å². The predicted molar refractivity (Wildman–Crippen MR) is 73.9 cm³/mol. The first-order valence-corrected chi connectivity index (χ1v) is 7.46. The highest BCUT2D eigenvalue weighted by Crippen LogP contribution is 2.22. The second kappa shape index (κ2) is 6.53. The van der Waals surface area contributed by atoms with Crippen molar-refractivity contribution in [3.05, 3.63) is 24.3 Å². The van der Waals surface area contributed by atoms with E-state index in [0.717, 1.165) is 0 Å². The molecule has 0 radical (unpaired) electrons. The zero-order valence-electron chi connectivity index (χ0n) is 10.9. The van der Waals surface area contributed by atoms with Crippen LogP contribution in [0.5, 0.6) is 5.75 Å². The molecule has 0 fully saturated rings. The van der Waals surface area contributed by atoms with Crippen molar-refractivity contribution in [3.63, 3.8) is 0 Å². The molecule has 1 unspecified atom stereocenters. The van der Waals surface area contributed by atoms with E-state index in [4.69, 9.17) is 10.5 Å². The molecular weight excluding hydrogens is 268 g/mol. The van der Waals surface area contributed by atoms with Crippen LogP contribution in [0, 0.1) is 0 Å². The van der Waals surface area contributed by atoms with Crippen LogP contribution in [-0.2, 0) is 14.6 Å². The van der Waals surface area contributed by atoms with Crippen molar-refractivity contribution in [3.8, 4) is 5.75 Å². The number of sulfone groups is 1. The molecular formula is C12H18N2O4S. The van der Waals surface area contributed by atoms with Gasteiger partial charge in [-0.25, -0.2) is 8.42 Å². The lowest BCUT2D eigenvalue weighted by molar-refractivity contribution is -0.113. The lowest BCUT2D eigenvalue weighted by Gasteiger charge is -2.12. The van der Waals surface area contributed by atoms with Gasteiger partial charge in [0.15, 0.2) is 9.84 Å². The number of rotatable bonds is 6. The van der Waals surface area contributed by atoms with Crippen LogP contribution >= 0.6 is 0 Å². The summed E-state index contributed by atoms with van der Waals surface area (Å²) in [6.45, 7) is 1.47. The van der Waals surface area contributed by atoms with Gasteiger partial charge in [-0.1, -0.05) is 12.1 Å². The van der Waals surface area contributed by atoms with Crippen molar-refractivity contribution in [2.24, 2.45) is 5.73 Å². The number of amides is 1. The normalized spacial score (nSPS) is 12.8. The number of anilines is 1. The second-order valence-corrected chi connectivity index (χ2v) is 6.52. The maximum atomic E-state index is 11.7. The molecule has 0 bridgehead atoms. The molecule has 0 saturated carbocycles. The van der Waals surface area contributed by atoms with E-state index in [1.54, 1.807) is 24.3 Å². The summed E-state index contributed by atoms with van der Waals surface area (Å²) in [7, 11) is -2.06. The van der Waals surface area contributed by atoms with Crippen LogP contribution in [-0.4, -0.2) is 39.0 Å². The third kappa shape index (κ3) is 4.22. The summed E-state index contributed by atoms with van der Waals surface area (Å²) in [4.78, 5) is 11.7. The van der Waals surface area contributed by atoms with Gasteiger partial charge in [0.2, 0.25) is 5.91 Å². The van der Waals surface area contributed by atoms with Gasteiger partial charge in [0.05, 0.1) is 18.0 Å². The minimum atomic E-state index is -3.53. The van der Waals surface area contributed by atoms with E-state index in [0.29, 0.717) is 11.4 Å². The van der Waals surface area contributed by atoms with E-state index >= 15 is 0 Å². The quantitative estimate of drug-likeness (QED) is 0.788. The molecule has 0 aliphatic carbocycles. The maximum absolute atomic E-state index is 11.7. The summed E-state index contributed by atoms with van der Waals surface area (Å²) in [5, 5.41) is 1.77. The van der Waals surface area contributed by atoms with Crippen molar-refractivity contribution >= 4 is 21.4 Å². The van der Waals surface area contributed by atoms with Gasteiger partial charge in [-0.15, -0.1) is 0 Å². The average Bonchev–Trinajstić information content (AvgIpc) is 2.37. The third-order valence-electron chi connectivity index (χ3n) is 2.66. The van der Waals surface area contributed by atoms with E-state index < -0.39 is 26.7 Å². The first-order chi connectivity index (χ1) is 8.90. The van der Waals surface area contributed by atoms with Gasteiger partial charge in [-0.3, -0.25) is 4.79 Å². The maximum Gasteiger partial charge on any atom is 0.239 e. The number of methoxy groups -OCH3 is 1. The fourth-order valence-corrected chi connectivity index (χ4v) is 2.42. The molecule has 1 amide bonds. The second-order valence-electron chi connectivity index (χ2n) is 4.10. The zero-order chi connectivity index (χ0) is 14.5. The molecule has 0 spiro atoms. The zero-order valence-corrected chi connectivity index (χ0v) is 11.7. The molecule has 106 valence electrons. The highest BCUT2D eigenvalue weighted by atomic mass is 32.2. The minimum Gasteiger partial charge on any atom is -0.495 e. The molecule has 0 saturated heterocycles. The predicted octanol–water partition coefficient (Wildman–Crippen LogP) is 0.396. The molecule has 0 aromatic heterocycles. The van der Waals surface area contributed by atoms with Gasteiger partial charge in [0.1, 0.15) is 11.5 Å². The Kier molecular flexibility index (Phi) is 5.31. The Morgan fingerprint density at radius 2 is 2.05 bits per heavy atom. The van der Waals surface area contributed by atoms with E-state index in [9.17, 15) is 13.2 Å². The highest BCUT2D eigenvalue weighted by molar-refractivity contribution is 7.92. The number of hydrogen-bond donors (Lipinski definition) is 2. The van der Waals surface area contributed by atoms with E-state index in [2.05, 4.69) is 5.32 Å². The number of benzene rings is 1. The van der Waals surface area contributed by atoms with Crippen LogP contribution in [0.4, 0.5) is 5.69 Å². The molecule has 3 N–H and O–H groups in total. The molecule has 19 heavy (non-hydrogen) atoms. The first kappa shape index (κ1) is 15.5. The van der Waals surface area contributed by atoms with Gasteiger partial charge in [-0.2, -0.15) is 0 Å². The van der Waals surface area contributed by atoms with Gasteiger partial charge < -0.3 is 15.8 Å². The van der Waals surface area contributed by atoms with Gasteiger partial charge in [0, 0.05) is 6.54 Å². The van der Waals surface area contributed by atoms with Crippen molar-refractivity contribution in [2.75, 3.05) is 24.7 Å². The Morgan fingerprint density at radius 3 is 2.63 bits per heavy atom. The summed E-state index contributed by atoms with van der Waals surface area (Å²) < 4.78 is 28.5. The lowest BCUT2D eigenvalue weighted by Crippen LogP contribution is -2.33. The van der Waals surface area contributed by atoms with Crippen LogP contribution in [0.2, 0.25) is 0 Å². The van der Waals surface area contributed by atoms with Crippen LogP contribution in [0.25, 0.3) is 0 Å². The van der Waals surface area contributed by atoms with Crippen molar-refractivity contribution in [1.29, 1.82) is 0 Å². The largest absolute Gasteiger partial charge is 0.495 e. The number of hydrogen-bond acceptors (Lipinski definition) is 5. The van der Waals surface area contributed by atoms with E-state index in [1.807, 2.05) is 0 Å². The monoisotopic (exact) mass is 286 g/mol. The summed E-state index contributed by atoms with van der Waals surface area (Å²) in [6.07, 6.45) is 0. The Balaban J connectivity index is 2.76. The van der Waals surface area contributed by atoms with Crippen molar-refractivity contribution in [1.82, 2.24) is 0 Å². The summed E-state index contributed by atoms with van der Waals surface area (Å²) in [6, 6.07) is 6.78. The van der Waals surface area contributed by atoms with Gasteiger partial charge >= 0.3 is 0 Å². The number of carbonyl (C=O) groups is 1. The Labute approximate surface area is 112 Å². The fourth-order valence-electron chi connectivity index (χ4n) is 1.41. The van der Waals surface area contributed by atoms with Crippen LogP contribution in [0.3, 0.4) is 0 Å². The van der Waals surface area contributed by atoms with Crippen molar-refractivity contribution < 1.29 is 17.9 Å². The summed E-state index contributed by atoms with van der Waals surface area (Å²) >= 11 is 0. The molecule has 0 aliphatic heterocycles. The van der Waals surface area contributed by atoms with Gasteiger partial charge in [-0.05, 0) is 19.1 Å². The standard InChI is InChI=1S/C12H18N2O4S/c1-9(7-13)19(16,17)8-12(15)14-10-5-3-4-6-11(10)18-2/h3-6,9H,7-8,13H2,1-2H3,(H,14,15). The molecule has 0 aliphatic rings. The topological polar surface area (TPSA) is 98.5 Å². The smallest absolute Gasteiger partial charge is 0.239 e. The lowest BCUT2D eigenvalue weighted by atomic mass is 10.3. The third-order valence-corrected chi connectivity index (χ3v) is 4.74. The first-order valence-electron chi connectivity index (χ1n) is 5.75. The SMILES string of the molecule is COc1ccccc1NC(=O)CS(=O)(=O)C(C)CN. The average molecular weight is 286 g/mol. The van der Waals surface area contributed by atoms with Crippen LogP contribution < -0.4 is 15.8 Å². The van der Waals surface area contributed by atoms with Crippen LogP contribution in [0.15, 0.2) is 24.3 Å². The Hall–Kier alpha value is -1.60. The van der Waals surface area contributed by atoms with E-state index in [1.165, 1.54) is 14.0 Å². The molecule has 0 heterocycles. The molecule has 1 rings (SSSR count). The number of nitrogens with one attached hydrogen (secondary N) is 1. The summed E-state index contributed by atoms with van der Waals surface area (Å²) in [5.41, 5.74) is 5.74. The Bertz CT molecular complexity index is 542. The van der Waals surface area contributed by atoms with Crippen molar-refractivity contribution in [2.45, 2.75) is 12.2 Å². The molecule has 1 atom stereocenters. The number of nitrogens with two attached hydrogens (primary N) is 1. The number of ether oxygens (including phenoxy) is 1. The fraction of sp³-hybridized carbons (Fsp3) is 0.417. The Morgan fingerprint density at radius 1 is 1.42 bits per heavy atom. The molecule has 1 aromatic rings. The van der Waals surface area contributed by atoms with Crippen LogP contribution in [0.1, 0.15) is 6.92 Å². The number of para-hydroxylation sites is 2. The highest BCUT2D eigenvalue weighted by Gasteiger charge is 2.23.